The number of carbonyl (C=O) groups excluding carboxylic acids is 1. The van der Waals surface area contributed by atoms with E-state index in [1.54, 1.807) is 0 Å². The first kappa shape index (κ1) is 18.9. The molecule has 0 aromatic carbocycles. The van der Waals surface area contributed by atoms with Gasteiger partial charge < -0.3 is 50.0 Å². The van der Waals surface area contributed by atoms with Crippen LogP contribution < -0.4 is 0 Å². The van der Waals surface area contributed by atoms with Crippen LogP contribution in [0, 0.1) is 0 Å². The summed E-state index contributed by atoms with van der Waals surface area (Å²) in [6.07, 6.45) is -14.9. The molecule has 0 spiro atoms. The van der Waals surface area contributed by atoms with Gasteiger partial charge >= 0.3 is 5.97 Å². The minimum atomic E-state index is -1.93. The molecule has 1 aliphatic rings. The van der Waals surface area contributed by atoms with Crippen molar-refractivity contribution >= 4 is 12.3 Å². The fourth-order valence-electron chi connectivity index (χ4n) is 1.87. The summed E-state index contributed by atoms with van der Waals surface area (Å²) in [6, 6.07) is 0. The molecule has 0 radical (unpaired) electrons. The monoisotopic (exact) mass is 326 g/mol. The largest absolute Gasteiger partial charge is 0.479 e. The van der Waals surface area contributed by atoms with E-state index in [2.05, 4.69) is 0 Å². The van der Waals surface area contributed by atoms with Crippen LogP contribution in [0.3, 0.4) is 0 Å². The number of hydrogen-bond acceptors (Lipinski definition) is 10. The molecule has 128 valence electrons. The summed E-state index contributed by atoms with van der Waals surface area (Å²) in [5, 5.41) is 65.3. The van der Waals surface area contributed by atoms with Crippen molar-refractivity contribution in [2.24, 2.45) is 0 Å². The fourth-order valence-corrected chi connectivity index (χ4v) is 1.87. The van der Waals surface area contributed by atoms with Gasteiger partial charge in [0.15, 0.2) is 18.7 Å². The van der Waals surface area contributed by atoms with E-state index in [0.717, 1.165) is 0 Å². The second kappa shape index (κ2) is 7.89. The highest BCUT2D eigenvalue weighted by Gasteiger charge is 2.48. The zero-order valence-corrected chi connectivity index (χ0v) is 11.2. The van der Waals surface area contributed by atoms with Crippen molar-refractivity contribution < 1.29 is 54.8 Å². The number of aliphatic hydroxyl groups excluding tert-OH is 6. The molecule has 1 fully saturated rings. The molecule has 0 aromatic heterocycles. The average Bonchev–Trinajstić information content (AvgIpc) is 2.50. The van der Waals surface area contributed by atoms with Gasteiger partial charge in [0.25, 0.3) is 0 Å². The number of hydrogen-bond donors (Lipinski definition) is 7. The quantitative estimate of drug-likeness (QED) is 0.222. The van der Waals surface area contributed by atoms with E-state index in [4.69, 9.17) is 24.8 Å². The van der Waals surface area contributed by atoms with Gasteiger partial charge in [-0.15, -0.1) is 0 Å². The fraction of sp³-hybridized carbons (Fsp3) is 0.818. The molecule has 1 rings (SSSR count). The molecule has 1 aliphatic heterocycles. The zero-order valence-electron chi connectivity index (χ0n) is 11.2. The van der Waals surface area contributed by atoms with Gasteiger partial charge in [-0.05, 0) is 0 Å². The smallest absolute Gasteiger partial charge is 0.335 e. The molecule has 1 saturated heterocycles. The van der Waals surface area contributed by atoms with Crippen molar-refractivity contribution in [1.82, 2.24) is 0 Å². The molecule has 11 heteroatoms. The van der Waals surface area contributed by atoms with E-state index < -0.39 is 61.6 Å². The third-order valence-electron chi connectivity index (χ3n) is 3.17. The van der Waals surface area contributed by atoms with Gasteiger partial charge in [-0.25, -0.2) is 4.79 Å². The molecule has 1 heterocycles. The molecule has 1 unspecified atom stereocenters. The van der Waals surface area contributed by atoms with Gasteiger partial charge in [-0.2, -0.15) is 0 Å². The van der Waals surface area contributed by atoms with Gasteiger partial charge in [0, 0.05) is 0 Å². The lowest BCUT2D eigenvalue weighted by molar-refractivity contribution is -0.314. The number of carboxylic acid groups (broad SMARTS) is 1. The first-order valence-corrected chi connectivity index (χ1v) is 6.24. The van der Waals surface area contributed by atoms with Gasteiger partial charge in [-0.3, -0.25) is 0 Å². The predicted molar refractivity (Wildman–Crippen MR) is 64.4 cm³/mol. The Morgan fingerprint density at radius 2 is 1.77 bits per heavy atom. The van der Waals surface area contributed by atoms with Crippen molar-refractivity contribution in [2.75, 3.05) is 6.61 Å². The number of rotatable bonds is 7. The summed E-state index contributed by atoms with van der Waals surface area (Å²) in [5.41, 5.74) is 0. The molecule has 11 nitrogen and oxygen atoms in total. The number of carboxylic acids is 1. The Kier molecular flexibility index (Phi) is 6.77. The van der Waals surface area contributed by atoms with Crippen LogP contribution in [0.15, 0.2) is 0 Å². The number of ether oxygens (including phenoxy) is 2. The zero-order chi connectivity index (χ0) is 17.0. The van der Waals surface area contributed by atoms with Crippen LogP contribution in [0.2, 0.25) is 0 Å². The van der Waals surface area contributed by atoms with Crippen LogP contribution in [0.4, 0.5) is 0 Å². The number of aldehydes is 1. The first-order chi connectivity index (χ1) is 10.2. The van der Waals surface area contributed by atoms with Crippen LogP contribution >= 0.6 is 0 Å². The Morgan fingerprint density at radius 3 is 2.23 bits per heavy atom. The third-order valence-corrected chi connectivity index (χ3v) is 3.17. The van der Waals surface area contributed by atoms with Crippen molar-refractivity contribution in [3.05, 3.63) is 0 Å². The average molecular weight is 326 g/mol. The van der Waals surface area contributed by atoms with Crippen LogP contribution in [0.5, 0.6) is 0 Å². The molecule has 22 heavy (non-hydrogen) atoms. The molecular weight excluding hydrogens is 308 g/mol. The Bertz CT molecular complexity index is 388. The number of aliphatic carboxylic acids is 1. The van der Waals surface area contributed by atoms with E-state index in [1.165, 1.54) is 0 Å². The van der Waals surface area contributed by atoms with Crippen LogP contribution in [-0.4, -0.2) is 104 Å². The lowest BCUT2D eigenvalue weighted by Gasteiger charge is -2.40. The highest BCUT2D eigenvalue weighted by molar-refractivity contribution is 5.73. The molecule has 0 aliphatic carbocycles. The Morgan fingerprint density at radius 1 is 1.18 bits per heavy atom. The van der Waals surface area contributed by atoms with Gasteiger partial charge in [0.1, 0.15) is 36.6 Å². The SMILES string of the molecule is O=C[C@H](O)[C@@H](O)[C@@H](CO)OC1O[C@H](C(=O)O)[C@@H](O)[C@H](O)[C@H]1O. The Balaban J connectivity index is 2.84. The summed E-state index contributed by atoms with van der Waals surface area (Å²) in [6.45, 7) is -0.908. The minimum Gasteiger partial charge on any atom is -0.479 e. The molecule has 0 bridgehead atoms. The van der Waals surface area contributed by atoms with E-state index in [1.807, 2.05) is 0 Å². The molecule has 8 atom stereocenters. The molecule has 0 amide bonds. The van der Waals surface area contributed by atoms with Crippen LogP contribution in [0.25, 0.3) is 0 Å². The van der Waals surface area contributed by atoms with Gasteiger partial charge in [-0.1, -0.05) is 0 Å². The second-order valence-corrected chi connectivity index (χ2v) is 4.71. The first-order valence-electron chi connectivity index (χ1n) is 6.24. The minimum absolute atomic E-state index is 0.0203. The number of carbonyl (C=O) groups is 2. The summed E-state index contributed by atoms with van der Waals surface area (Å²) in [7, 11) is 0. The highest BCUT2D eigenvalue weighted by Crippen LogP contribution is 2.24. The van der Waals surface area contributed by atoms with Crippen molar-refractivity contribution in [1.29, 1.82) is 0 Å². The lowest BCUT2D eigenvalue weighted by Crippen LogP contribution is -2.61. The Labute approximate surface area is 123 Å². The van der Waals surface area contributed by atoms with Crippen LogP contribution in [0.1, 0.15) is 0 Å². The summed E-state index contributed by atoms with van der Waals surface area (Å²) < 4.78 is 9.68. The van der Waals surface area contributed by atoms with Crippen molar-refractivity contribution in [3.8, 4) is 0 Å². The molecule has 0 aromatic rings. The van der Waals surface area contributed by atoms with Crippen molar-refractivity contribution in [2.45, 2.75) is 49.0 Å². The van der Waals surface area contributed by atoms with E-state index in [9.17, 15) is 30.0 Å². The second-order valence-electron chi connectivity index (χ2n) is 4.71. The molecule has 0 saturated carbocycles. The third kappa shape index (κ3) is 3.97. The maximum absolute atomic E-state index is 10.9. The summed E-state index contributed by atoms with van der Waals surface area (Å²) >= 11 is 0. The van der Waals surface area contributed by atoms with Gasteiger partial charge in [0.05, 0.1) is 6.61 Å². The highest BCUT2D eigenvalue weighted by atomic mass is 16.7. The van der Waals surface area contributed by atoms with Crippen molar-refractivity contribution in [3.63, 3.8) is 0 Å². The maximum Gasteiger partial charge on any atom is 0.335 e. The van der Waals surface area contributed by atoms with Crippen LogP contribution in [-0.2, 0) is 19.1 Å². The van der Waals surface area contributed by atoms with E-state index in [-0.39, 0.29) is 6.29 Å². The summed E-state index contributed by atoms with van der Waals surface area (Å²) in [5.74, 6) is -1.64. The van der Waals surface area contributed by atoms with Gasteiger partial charge in [0.2, 0.25) is 0 Å². The normalized spacial score (nSPS) is 36.4. The Hall–Kier alpha value is -1.18. The topological polar surface area (TPSA) is 194 Å². The molecular formula is C11H18O11. The maximum atomic E-state index is 10.9. The van der Waals surface area contributed by atoms with E-state index >= 15 is 0 Å². The standard InChI is InChI=1S/C11H18O11/c12-1-3(14)5(15)4(2-13)21-11-8(18)6(16)7(17)9(22-11)10(19)20/h1,3-9,11,13-18H,2H2,(H,19,20)/t3-,4+,5+,6-,7-,8+,9-,11?/m0/s1. The molecule has 7 N–H and O–H groups in total. The van der Waals surface area contributed by atoms with E-state index in [0.29, 0.717) is 0 Å². The predicted octanol–water partition coefficient (Wildman–Crippen LogP) is -4.82. The lowest BCUT2D eigenvalue weighted by atomic mass is 9.99. The summed E-state index contributed by atoms with van der Waals surface area (Å²) in [4.78, 5) is 21.3. The number of aliphatic hydroxyl groups is 6.